The van der Waals surface area contributed by atoms with Crippen LogP contribution in [0.3, 0.4) is 0 Å². The number of rotatable bonds is 6. The lowest BCUT2D eigenvalue weighted by atomic mass is 10.3. The van der Waals surface area contributed by atoms with Crippen molar-refractivity contribution >= 4 is 17.5 Å². The molecular weight excluding hydrogens is 318 g/mol. The monoisotopic (exact) mass is 335 g/mol. The van der Waals surface area contributed by atoms with Gasteiger partial charge in [0.2, 0.25) is 5.82 Å². The molecule has 3 N–H and O–H groups in total. The maximum absolute atomic E-state index is 12.1. The summed E-state index contributed by atoms with van der Waals surface area (Å²) in [6.07, 6.45) is 1.08. The number of hydrogen-bond acceptors (Lipinski definition) is 8. The first-order chi connectivity index (χ1) is 11.5. The largest absolute Gasteiger partial charge is 0.503 e. The number of carbonyl (C=O) groups excluding carboxylic acids is 1. The maximum Gasteiger partial charge on any atom is 0.291 e. The predicted molar refractivity (Wildman–Crippen MR) is 83.1 cm³/mol. The number of hydrogen-bond donors (Lipinski definition) is 3. The highest BCUT2D eigenvalue weighted by Gasteiger charge is 2.17. The lowest BCUT2D eigenvalue weighted by Crippen LogP contribution is -2.31. The zero-order chi connectivity index (χ0) is 17.7. The number of azo groups is 1. The third kappa shape index (κ3) is 3.39. The number of nitrogens with zero attached hydrogens (tertiary/aromatic N) is 5. The van der Waals surface area contributed by atoms with Crippen molar-refractivity contribution in [1.82, 2.24) is 25.1 Å². The first-order valence-electron chi connectivity index (χ1n) is 7.13. The molecule has 0 bridgehead atoms. The van der Waals surface area contributed by atoms with Gasteiger partial charge in [-0.05, 0) is 13.8 Å². The number of H-pyrrole nitrogens is 2. The van der Waals surface area contributed by atoms with Crippen LogP contribution in [0.5, 0.6) is 11.5 Å². The van der Waals surface area contributed by atoms with E-state index in [0.717, 1.165) is 6.20 Å². The minimum Gasteiger partial charge on any atom is -0.503 e. The van der Waals surface area contributed by atoms with Gasteiger partial charge in [0, 0.05) is 13.1 Å². The van der Waals surface area contributed by atoms with E-state index in [1.165, 1.54) is 7.11 Å². The topological polar surface area (TPSA) is 149 Å². The summed E-state index contributed by atoms with van der Waals surface area (Å²) in [6, 6.07) is 0. The molecule has 0 saturated carbocycles. The van der Waals surface area contributed by atoms with Gasteiger partial charge in [0.15, 0.2) is 17.2 Å². The molecule has 1 amide bonds. The van der Waals surface area contributed by atoms with Crippen LogP contribution in [0, 0.1) is 0 Å². The van der Waals surface area contributed by atoms with Gasteiger partial charge in [-0.15, -0.1) is 15.3 Å². The molecule has 0 aromatic carbocycles. The number of ether oxygens (including phenoxy) is 1. The van der Waals surface area contributed by atoms with Crippen LogP contribution in [-0.2, 0) is 0 Å². The Morgan fingerprint density at radius 2 is 2.08 bits per heavy atom. The van der Waals surface area contributed by atoms with E-state index in [1.54, 1.807) is 4.90 Å². The Morgan fingerprint density at radius 1 is 1.38 bits per heavy atom. The fourth-order valence-electron chi connectivity index (χ4n) is 1.93. The van der Waals surface area contributed by atoms with Gasteiger partial charge >= 0.3 is 0 Å². The molecule has 0 atom stereocenters. The summed E-state index contributed by atoms with van der Waals surface area (Å²) in [5, 5.41) is 23.2. The van der Waals surface area contributed by atoms with Gasteiger partial charge in [-0.1, -0.05) is 0 Å². The molecule has 2 aromatic rings. The van der Waals surface area contributed by atoms with Crippen LogP contribution in [0.2, 0.25) is 0 Å². The number of nitrogens with one attached hydrogen (secondary N) is 2. The van der Waals surface area contributed by atoms with Gasteiger partial charge in [0.05, 0.1) is 13.3 Å². The summed E-state index contributed by atoms with van der Waals surface area (Å²) in [6.45, 7) is 4.75. The molecule has 128 valence electrons. The number of amides is 1. The molecule has 2 aromatic heterocycles. The minimum absolute atomic E-state index is 0.0180. The molecule has 0 aliphatic rings. The summed E-state index contributed by atoms with van der Waals surface area (Å²) in [7, 11) is 1.28. The molecule has 2 heterocycles. The summed E-state index contributed by atoms with van der Waals surface area (Å²) in [5.74, 6) is -0.850. The Bertz CT molecular complexity index is 807. The van der Waals surface area contributed by atoms with Crippen LogP contribution in [0.15, 0.2) is 21.2 Å². The normalized spacial score (nSPS) is 11.0. The molecule has 0 saturated heterocycles. The van der Waals surface area contributed by atoms with Crippen LogP contribution in [0.25, 0.3) is 0 Å². The second kappa shape index (κ2) is 7.35. The average Bonchev–Trinajstić information content (AvgIpc) is 3.05. The van der Waals surface area contributed by atoms with Gasteiger partial charge in [-0.2, -0.15) is 4.98 Å². The number of pyridine rings is 1. The second-order valence-electron chi connectivity index (χ2n) is 4.55. The molecule has 0 radical (unpaired) electrons. The van der Waals surface area contributed by atoms with Crippen LogP contribution in [0.4, 0.5) is 11.6 Å². The smallest absolute Gasteiger partial charge is 0.291 e. The summed E-state index contributed by atoms with van der Waals surface area (Å²) in [5.41, 5.74) is -0.845. The van der Waals surface area contributed by atoms with Crippen LogP contribution in [0.1, 0.15) is 24.5 Å². The zero-order valence-corrected chi connectivity index (χ0v) is 13.4. The van der Waals surface area contributed by atoms with Gasteiger partial charge in [0.1, 0.15) is 0 Å². The molecule has 2 rings (SSSR count). The molecule has 11 heteroatoms. The minimum atomic E-state index is -0.608. The number of aromatic amines is 2. The molecule has 0 fully saturated rings. The fourth-order valence-corrected chi connectivity index (χ4v) is 1.93. The quantitative estimate of drug-likeness (QED) is 0.673. The first-order valence-corrected chi connectivity index (χ1v) is 7.13. The zero-order valence-electron chi connectivity index (χ0n) is 13.4. The third-order valence-corrected chi connectivity index (χ3v) is 3.17. The van der Waals surface area contributed by atoms with E-state index in [4.69, 9.17) is 4.74 Å². The highest BCUT2D eigenvalue weighted by Crippen LogP contribution is 2.32. The van der Waals surface area contributed by atoms with E-state index in [9.17, 15) is 14.7 Å². The van der Waals surface area contributed by atoms with Crippen molar-refractivity contribution in [3.63, 3.8) is 0 Å². The van der Waals surface area contributed by atoms with Crippen molar-refractivity contribution in [3.05, 3.63) is 22.4 Å². The lowest BCUT2D eigenvalue weighted by Gasteiger charge is -2.16. The van der Waals surface area contributed by atoms with E-state index in [2.05, 4.69) is 30.4 Å². The number of carbonyl (C=O) groups is 1. The number of methoxy groups -OCH3 is 1. The maximum atomic E-state index is 12.1. The molecule has 11 nitrogen and oxygen atoms in total. The third-order valence-electron chi connectivity index (χ3n) is 3.17. The molecule has 0 aliphatic heterocycles. The van der Waals surface area contributed by atoms with Gasteiger partial charge < -0.3 is 19.7 Å². The van der Waals surface area contributed by atoms with Crippen molar-refractivity contribution in [2.45, 2.75) is 13.8 Å². The van der Waals surface area contributed by atoms with Crippen molar-refractivity contribution in [2.75, 3.05) is 20.2 Å². The van der Waals surface area contributed by atoms with Crippen molar-refractivity contribution < 1.29 is 14.6 Å². The molecule has 0 spiro atoms. The van der Waals surface area contributed by atoms with Gasteiger partial charge in [-0.25, -0.2) is 0 Å². The van der Waals surface area contributed by atoms with E-state index in [1.807, 2.05) is 13.8 Å². The van der Waals surface area contributed by atoms with Crippen molar-refractivity contribution in [1.29, 1.82) is 0 Å². The molecule has 0 unspecified atom stereocenters. The highest BCUT2D eigenvalue weighted by molar-refractivity contribution is 5.90. The Kier molecular flexibility index (Phi) is 5.24. The standard InChI is InChI=1S/C13H17N7O4/c1-4-20(5-2)12(23)10-15-13(19-17-10)18-16-8-9(24-3)7(21)6-14-11(8)22/h6,21H,4-5H2,1-3H3,(H,14,22)(H,15,17,19). The summed E-state index contributed by atoms with van der Waals surface area (Å²) >= 11 is 0. The van der Waals surface area contributed by atoms with Crippen LogP contribution < -0.4 is 10.3 Å². The van der Waals surface area contributed by atoms with Gasteiger partial charge in [-0.3, -0.25) is 14.7 Å². The Hall–Kier alpha value is -3.24. The fraction of sp³-hybridized carbons (Fsp3) is 0.385. The van der Waals surface area contributed by atoms with Crippen molar-refractivity contribution in [2.24, 2.45) is 10.2 Å². The molecular formula is C13H17N7O4. The Morgan fingerprint density at radius 3 is 2.71 bits per heavy atom. The molecule has 0 aliphatic carbocycles. The predicted octanol–water partition coefficient (Wildman–Crippen LogP) is 1.10. The van der Waals surface area contributed by atoms with E-state index in [-0.39, 0.29) is 34.9 Å². The summed E-state index contributed by atoms with van der Waals surface area (Å²) < 4.78 is 4.92. The Labute approximate surface area is 136 Å². The SMILES string of the molecule is CCN(CC)C(=O)c1nc(N=Nc2c(OC)c(O)c[nH]c2=O)n[nH]1. The lowest BCUT2D eigenvalue weighted by molar-refractivity contribution is 0.0761. The first kappa shape index (κ1) is 17.1. The molecule has 24 heavy (non-hydrogen) atoms. The van der Waals surface area contributed by atoms with Crippen molar-refractivity contribution in [3.8, 4) is 11.5 Å². The van der Waals surface area contributed by atoms with Crippen LogP contribution in [-0.4, -0.2) is 56.3 Å². The summed E-state index contributed by atoms with van der Waals surface area (Å²) in [4.78, 5) is 31.6. The average molecular weight is 335 g/mol. The Balaban J connectivity index is 2.28. The number of aromatic hydroxyl groups is 1. The van der Waals surface area contributed by atoms with Crippen LogP contribution >= 0.6 is 0 Å². The van der Waals surface area contributed by atoms with E-state index < -0.39 is 5.56 Å². The van der Waals surface area contributed by atoms with E-state index in [0.29, 0.717) is 13.1 Å². The second-order valence-corrected chi connectivity index (χ2v) is 4.55. The number of aromatic nitrogens is 4. The highest BCUT2D eigenvalue weighted by atomic mass is 16.5. The van der Waals surface area contributed by atoms with E-state index >= 15 is 0 Å². The van der Waals surface area contributed by atoms with Gasteiger partial charge in [0.25, 0.3) is 17.4 Å².